The van der Waals surface area contributed by atoms with Gasteiger partial charge in [0.2, 0.25) is 0 Å². The molecule has 3 rings (SSSR count). The second-order valence-electron chi connectivity index (χ2n) is 6.64. The zero-order chi connectivity index (χ0) is 14.8. The highest BCUT2D eigenvalue weighted by molar-refractivity contribution is 5.95. The molecule has 1 aromatic carbocycles. The van der Waals surface area contributed by atoms with E-state index in [0.29, 0.717) is 12.1 Å². The van der Waals surface area contributed by atoms with Crippen molar-refractivity contribution < 1.29 is 4.79 Å². The molecule has 3 nitrogen and oxygen atoms in total. The van der Waals surface area contributed by atoms with Crippen LogP contribution in [0.4, 0.5) is 0 Å². The summed E-state index contributed by atoms with van der Waals surface area (Å²) in [6.07, 6.45) is 5.99. The van der Waals surface area contributed by atoms with E-state index in [1.165, 1.54) is 30.4 Å². The summed E-state index contributed by atoms with van der Waals surface area (Å²) in [5, 5.41) is 3.59. The van der Waals surface area contributed by atoms with Crippen molar-refractivity contribution in [3.05, 3.63) is 34.9 Å². The minimum atomic E-state index is 0.222. The molecule has 0 saturated carbocycles. The van der Waals surface area contributed by atoms with Crippen LogP contribution in [0.2, 0.25) is 0 Å². The summed E-state index contributed by atoms with van der Waals surface area (Å²) in [7, 11) is 0. The quantitative estimate of drug-likeness (QED) is 0.906. The van der Waals surface area contributed by atoms with Crippen LogP contribution in [-0.4, -0.2) is 36.0 Å². The Morgan fingerprint density at radius 2 is 1.86 bits per heavy atom. The molecule has 1 amide bonds. The van der Waals surface area contributed by atoms with Crippen LogP contribution >= 0.6 is 0 Å². The highest BCUT2D eigenvalue weighted by Gasteiger charge is 2.34. The summed E-state index contributed by atoms with van der Waals surface area (Å²) in [6.45, 7) is 6.15. The van der Waals surface area contributed by atoms with Crippen molar-refractivity contribution in [2.24, 2.45) is 0 Å². The molecule has 2 fully saturated rings. The Balaban J connectivity index is 1.83. The van der Waals surface area contributed by atoms with Gasteiger partial charge in [-0.1, -0.05) is 17.2 Å². The van der Waals surface area contributed by atoms with Crippen molar-refractivity contribution in [2.45, 2.75) is 58.0 Å². The van der Waals surface area contributed by atoms with Gasteiger partial charge in [-0.15, -0.1) is 0 Å². The lowest BCUT2D eigenvalue weighted by Gasteiger charge is -2.39. The van der Waals surface area contributed by atoms with Crippen molar-refractivity contribution >= 4 is 5.91 Å². The van der Waals surface area contributed by atoms with Gasteiger partial charge in [-0.2, -0.15) is 0 Å². The van der Waals surface area contributed by atoms with E-state index in [-0.39, 0.29) is 5.91 Å². The molecule has 2 saturated heterocycles. The average Bonchev–Trinajstić information content (AvgIpc) is 2.99. The number of carbonyl (C=O) groups excluding carboxylic acids is 1. The fourth-order valence-corrected chi connectivity index (χ4v) is 3.93. The van der Waals surface area contributed by atoms with Crippen molar-refractivity contribution in [2.75, 3.05) is 13.1 Å². The zero-order valence-electron chi connectivity index (χ0n) is 13.2. The highest BCUT2D eigenvalue weighted by atomic mass is 16.2. The van der Waals surface area contributed by atoms with E-state index in [0.717, 1.165) is 31.5 Å². The average molecular weight is 286 g/mol. The second-order valence-corrected chi connectivity index (χ2v) is 6.64. The molecular weight excluding hydrogens is 260 g/mol. The van der Waals surface area contributed by atoms with Crippen LogP contribution in [0.25, 0.3) is 0 Å². The third kappa shape index (κ3) is 3.13. The molecule has 0 aromatic heterocycles. The summed E-state index contributed by atoms with van der Waals surface area (Å²) in [6, 6.07) is 7.07. The first kappa shape index (κ1) is 14.6. The minimum absolute atomic E-state index is 0.222. The predicted molar refractivity (Wildman–Crippen MR) is 85.6 cm³/mol. The molecule has 114 valence electrons. The number of hydrogen-bond donors (Lipinski definition) is 1. The first-order valence-electron chi connectivity index (χ1n) is 8.28. The number of rotatable bonds is 2. The minimum Gasteiger partial charge on any atom is -0.334 e. The summed E-state index contributed by atoms with van der Waals surface area (Å²) in [5.41, 5.74) is 3.20. The summed E-state index contributed by atoms with van der Waals surface area (Å²) >= 11 is 0. The van der Waals surface area contributed by atoms with Crippen LogP contribution in [0.15, 0.2) is 18.2 Å². The van der Waals surface area contributed by atoms with Gasteiger partial charge in [0.1, 0.15) is 0 Å². The molecule has 2 atom stereocenters. The molecule has 2 unspecified atom stereocenters. The SMILES string of the molecule is Cc1cc(C)cc(C(=O)N2CCCCC2C2CCCN2)c1. The van der Waals surface area contributed by atoms with Gasteiger partial charge < -0.3 is 10.2 Å². The second kappa shape index (κ2) is 6.18. The summed E-state index contributed by atoms with van der Waals surface area (Å²) < 4.78 is 0. The lowest BCUT2D eigenvalue weighted by molar-refractivity contribution is 0.0563. The van der Waals surface area contributed by atoms with E-state index >= 15 is 0 Å². The van der Waals surface area contributed by atoms with E-state index in [1.807, 2.05) is 12.1 Å². The number of nitrogens with one attached hydrogen (secondary N) is 1. The monoisotopic (exact) mass is 286 g/mol. The van der Waals surface area contributed by atoms with Crippen LogP contribution in [0.5, 0.6) is 0 Å². The van der Waals surface area contributed by atoms with Gasteiger partial charge in [-0.25, -0.2) is 0 Å². The normalized spacial score (nSPS) is 26.1. The zero-order valence-corrected chi connectivity index (χ0v) is 13.2. The molecule has 2 aliphatic rings. The van der Waals surface area contributed by atoms with Gasteiger partial charge >= 0.3 is 0 Å². The maximum Gasteiger partial charge on any atom is 0.254 e. The summed E-state index contributed by atoms with van der Waals surface area (Å²) in [5.74, 6) is 0.222. The summed E-state index contributed by atoms with van der Waals surface area (Å²) in [4.78, 5) is 15.1. The van der Waals surface area contributed by atoms with Crippen molar-refractivity contribution in [3.8, 4) is 0 Å². The third-order valence-electron chi connectivity index (χ3n) is 4.84. The Hall–Kier alpha value is -1.35. The number of hydrogen-bond acceptors (Lipinski definition) is 2. The first-order valence-corrected chi connectivity index (χ1v) is 8.28. The Kier molecular flexibility index (Phi) is 4.29. The molecule has 21 heavy (non-hydrogen) atoms. The molecule has 1 N–H and O–H groups in total. The Morgan fingerprint density at radius 3 is 2.52 bits per heavy atom. The van der Waals surface area contributed by atoms with Gasteiger partial charge in [-0.05, 0) is 64.6 Å². The maximum atomic E-state index is 13.0. The van der Waals surface area contributed by atoms with Gasteiger partial charge in [0, 0.05) is 24.2 Å². The van der Waals surface area contributed by atoms with Crippen molar-refractivity contribution in [1.82, 2.24) is 10.2 Å². The Labute approximate surface area is 127 Å². The first-order chi connectivity index (χ1) is 10.1. The standard InChI is InChI=1S/C18H26N2O/c1-13-10-14(2)12-15(11-13)18(21)20-9-4-3-7-17(20)16-6-5-8-19-16/h10-12,16-17,19H,3-9H2,1-2H3. The molecule has 2 heterocycles. The van der Waals surface area contributed by atoms with Crippen LogP contribution in [-0.2, 0) is 0 Å². The fourth-order valence-electron chi connectivity index (χ4n) is 3.93. The van der Waals surface area contributed by atoms with E-state index in [9.17, 15) is 4.79 Å². The van der Waals surface area contributed by atoms with E-state index in [1.54, 1.807) is 0 Å². The predicted octanol–water partition coefficient (Wildman–Crippen LogP) is 3.05. The van der Waals surface area contributed by atoms with Crippen LogP contribution in [0.1, 0.15) is 53.6 Å². The lowest BCUT2D eigenvalue weighted by atomic mass is 9.93. The van der Waals surface area contributed by atoms with Gasteiger partial charge in [0.15, 0.2) is 0 Å². The molecule has 0 aliphatic carbocycles. The number of piperidine rings is 1. The number of aryl methyl sites for hydroxylation is 2. The van der Waals surface area contributed by atoms with Crippen molar-refractivity contribution in [3.63, 3.8) is 0 Å². The number of amides is 1. The third-order valence-corrected chi connectivity index (χ3v) is 4.84. The molecule has 2 aliphatic heterocycles. The number of likely N-dealkylation sites (tertiary alicyclic amines) is 1. The van der Waals surface area contributed by atoms with Gasteiger partial charge in [0.05, 0.1) is 0 Å². The Morgan fingerprint density at radius 1 is 1.10 bits per heavy atom. The molecule has 0 bridgehead atoms. The van der Waals surface area contributed by atoms with Gasteiger partial charge in [-0.3, -0.25) is 4.79 Å². The molecule has 0 spiro atoms. The van der Waals surface area contributed by atoms with Crippen molar-refractivity contribution in [1.29, 1.82) is 0 Å². The molecule has 0 radical (unpaired) electrons. The fraction of sp³-hybridized carbons (Fsp3) is 0.611. The highest BCUT2D eigenvalue weighted by Crippen LogP contribution is 2.26. The molecule has 1 aromatic rings. The molecular formula is C18H26N2O. The lowest BCUT2D eigenvalue weighted by Crippen LogP contribution is -2.52. The maximum absolute atomic E-state index is 13.0. The number of benzene rings is 1. The Bertz CT molecular complexity index is 500. The number of carbonyl (C=O) groups is 1. The number of nitrogens with zero attached hydrogens (tertiary/aromatic N) is 1. The largest absolute Gasteiger partial charge is 0.334 e. The van der Waals surface area contributed by atoms with Crippen LogP contribution in [0.3, 0.4) is 0 Å². The van der Waals surface area contributed by atoms with E-state index in [4.69, 9.17) is 0 Å². The topological polar surface area (TPSA) is 32.3 Å². The molecule has 3 heteroatoms. The van der Waals surface area contributed by atoms with Crippen LogP contribution < -0.4 is 5.32 Å². The van der Waals surface area contributed by atoms with Gasteiger partial charge in [0.25, 0.3) is 5.91 Å². The smallest absolute Gasteiger partial charge is 0.254 e. The van der Waals surface area contributed by atoms with E-state index in [2.05, 4.69) is 30.1 Å². The van der Waals surface area contributed by atoms with E-state index < -0.39 is 0 Å². The van der Waals surface area contributed by atoms with Crippen LogP contribution in [0, 0.1) is 13.8 Å².